The van der Waals surface area contributed by atoms with Crippen molar-refractivity contribution in [2.75, 3.05) is 37.7 Å². The summed E-state index contributed by atoms with van der Waals surface area (Å²) in [5.41, 5.74) is 8.15. The van der Waals surface area contributed by atoms with E-state index < -0.39 is 0 Å². The monoisotopic (exact) mass is 476 g/mol. The van der Waals surface area contributed by atoms with Gasteiger partial charge in [-0.25, -0.2) is 4.79 Å². The minimum atomic E-state index is -0.262. The molecule has 0 saturated carbocycles. The fraction of sp³-hybridized carbons (Fsp3) is 0.219. The molecule has 1 heterocycles. The number of hydrogen-bond acceptors (Lipinski definition) is 4. The van der Waals surface area contributed by atoms with E-state index >= 15 is 0 Å². The molecule has 36 heavy (non-hydrogen) atoms. The molecular weight excluding hydrogens is 444 g/mol. The van der Waals surface area contributed by atoms with Crippen LogP contribution in [0.2, 0.25) is 0 Å². The minimum absolute atomic E-state index is 0.262. The van der Waals surface area contributed by atoms with Gasteiger partial charge in [-0.3, -0.25) is 4.90 Å². The Balaban J connectivity index is 1.22. The maximum atomic E-state index is 11.9. The Labute approximate surface area is 213 Å². The second kappa shape index (κ2) is 11.2. The lowest BCUT2D eigenvalue weighted by molar-refractivity contribution is 0.0526. The van der Waals surface area contributed by atoms with Crippen molar-refractivity contribution in [1.82, 2.24) is 4.90 Å². The van der Waals surface area contributed by atoms with Crippen molar-refractivity contribution in [2.45, 2.75) is 13.5 Å². The Hall–Kier alpha value is -3.89. The quantitative estimate of drug-likeness (QED) is 0.284. The van der Waals surface area contributed by atoms with E-state index in [1.807, 2.05) is 31.2 Å². The van der Waals surface area contributed by atoms with Crippen LogP contribution in [0.1, 0.15) is 22.8 Å². The Morgan fingerprint density at radius 3 is 2.00 bits per heavy atom. The van der Waals surface area contributed by atoms with Crippen molar-refractivity contribution >= 4 is 11.7 Å². The van der Waals surface area contributed by atoms with Gasteiger partial charge in [0.2, 0.25) is 0 Å². The van der Waals surface area contributed by atoms with Crippen LogP contribution in [0.5, 0.6) is 0 Å². The van der Waals surface area contributed by atoms with E-state index in [0.29, 0.717) is 12.2 Å². The molecule has 0 radical (unpaired) electrons. The smallest absolute Gasteiger partial charge is 0.338 e. The third-order valence-electron chi connectivity index (χ3n) is 6.83. The first-order valence-electron chi connectivity index (χ1n) is 12.7. The van der Waals surface area contributed by atoms with Crippen molar-refractivity contribution in [3.05, 3.63) is 114 Å². The maximum absolute atomic E-state index is 11.9. The number of anilines is 1. The molecule has 0 aromatic heterocycles. The van der Waals surface area contributed by atoms with Gasteiger partial charge in [-0.2, -0.15) is 0 Å². The largest absolute Gasteiger partial charge is 0.462 e. The highest BCUT2D eigenvalue weighted by molar-refractivity contribution is 5.89. The molecule has 5 rings (SSSR count). The molecule has 1 saturated heterocycles. The van der Waals surface area contributed by atoms with Crippen molar-refractivity contribution < 1.29 is 9.53 Å². The molecule has 0 N–H and O–H groups in total. The summed E-state index contributed by atoms with van der Waals surface area (Å²) in [6, 6.07) is 35.9. The molecule has 4 aromatic carbocycles. The summed E-state index contributed by atoms with van der Waals surface area (Å²) < 4.78 is 5.09. The third kappa shape index (κ3) is 5.50. The molecule has 1 fully saturated rings. The highest BCUT2D eigenvalue weighted by Gasteiger charge is 2.19. The second-order valence-electron chi connectivity index (χ2n) is 9.13. The molecule has 0 spiro atoms. The van der Waals surface area contributed by atoms with Gasteiger partial charge in [0.1, 0.15) is 0 Å². The van der Waals surface area contributed by atoms with E-state index in [0.717, 1.165) is 38.4 Å². The van der Waals surface area contributed by atoms with Crippen LogP contribution in [0.25, 0.3) is 22.3 Å². The molecule has 0 unspecified atom stereocenters. The summed E-state index contributed by atoms with van der Waals surface area (Å²) in [6.45, 7) is 7.09. The molecule has 1 aliphatic rings. The molecule has 0 aliphatic carbocycles. The van der Waals surface area contributed by atoms with Crippen LogP contribution in [-0.4, -0.2) is 43.7 Å². The number of rotatable bonds is 7. The van der Waals surface area contributed by atoms with Crippen LogP contribution in [0.15, 0.2) is 103 Å². The van der Waals surface area contributed by atoms with Gasteiger partial charge in [-0.1, -0.05) is 78.9 Å². The first-order valence-corrected chi connectivity index (χ1v) is 12.7. The maximum Gasteiger partial charge on any atom is 0.338 e. The van der Waals surface area contributed by atoms with E-state index in [9.17, 15) is 4.79 Å². The van der Waals surface area contributed by atoms with Gasteiger partial charge in [0.25, 0.3) is 0 Å². The zero-order valence-corrected chi connectivity index (χ0v) is 20.8. The third-order valence-corrected chi connectivity index (χ3v) is 6.83. The minimum Gasteiger partial charge on any atom is -0.462 e. The summed E-state index contributed by atoms with van der Waals surface area (Å²) in [5, 5.41) is 0. The average Bonchev–Trinajstić information content (AvgIpc) is 2.95. The summed E-state index contributed by atoms with van der Waals surface area (Å²) >= 11 is 0. The number of nitrogens with zero attached hydrogens (tertiary/aromatic N) is 2. The molecule has 0 bridgehead atoms. The molecule has 4 aromatic rings. The highest BCUT2D eigenvalue weighted by Crippen LogP contribution is 2.28. The van der Waals surface area contributed by atoms with Crippen molar-refractivity contribution in [1.29, 1.82) is 0 Å². The lowest BCUT2D eigenvalue weighted by atomic mass is 9.96. The van der Waals surface area contributed by atoms with Crippen molar-refractivity contribution in [3.8, 4) is 22.3 Å². The van der Waals surface area contributed by atoms with Crippen LogP contribution in [0.3, 0.4) is 0 Å². The van der Waals surface area contributed by atoms with E-state index in [1.165, 1.54) is 27.8 Å². The Morgan fingerprint density at radius 2 is 1.31 bits per heavy atom. The molecule has 1 aliphatic heterocycles. The highest BCUT2D eigenvalue weighted by atomic mass is 16.5. The SMILES string of the molecule is CCOC(=O)c1ccc(N2CCN(Cc3ccccc3-c3ccc(-c4ccccc4)cc3)CC2)cc1. The van der Waals surface area contributed by atoms with Gasteiger partial charge in [0.15, 0.2) is 0 Å². The van der Waals surface area contributed by atoms with E-state index in [-0.39, 0.29) is 5.97 Å². The molecule has 0 atom stereocenters. The predicted octanol–water partition coefficient (Wildman–Crippen LogP) is 6.52. The number of carbonyl (C=O) groups is 1. The zero-order chi connectivity index (χ0) is 24.7. The van der Waals surface area contributed by atoms with E-state index in [1.54, 1.807) is 0 Å². The van der Waals surface area contributed by atoms with Gasteiger partial charge >= 0.3 is 5.97 Å². The number of piperazine rings is 1. The summed E-state index contributed by atoms with van der Waals surface area (Å²) in [5.74, 6) is -0.262. The second-order valence-corrected chi connectivity index (χ2v) is 9.13. The molecular formula is C32H32N2O2. The topological polar surface area (TPSA) is 32.8 Å². The predicted molar refractivity (Wildman–Crippen MR) is 147 cm³/mol. The molecule has 0 amide bonds. The van der Waals surface area contributed by atoms with Crippen LogP contribution in [0.4, 0.5) is 5.69 Å². The lowest BCUT2D eigenvalue weighted by Crippen LogP contribution is -2.46. The summed E-state index contributed by atoms with van der Waals surface area (Å²) in [4.78, 5) is 16.8. The van der Waals surface area contributed by atoms with Crippen LogP contribution < -0.4 is 4.90 Å². The molecule has 4 nitrogen and oxygen atoms in total. The first kappa shape index (κ1) is 23.8. The van der Waals surface area contributed by atoms with Crippen molar-refractivity contribution in [3.63, 3.8) is 0 Å². The van der Waals surface area contributed by atoms with Gasteiger partial charge in [0.05, 0.1) is 12.2 Å². The number of hydrogen-bond donors (Lipinski definition) is 0. The number of benzene rings is 4. The van der Waals surface area contributed by atoms with E-state index in [2.05, 4.69) is 88.7 Å². The number of carbonyl (C=O) groups excluding carboxylic acids is 1. The zero-order valence-electron chi connectivity index (χ0n) is 20.8. The van der Waals surface area contributed by atoms with Gasteiger partial charge < -0.3 is 9.64 Å². The Bertz CT molecular complexity index is 1280. The number of esters is 1. The number of ether oxygens (including phenoxy) is 1. The lowest BCUT2D eigenvalue weighted by Gasteiger charge is -2.36. The van der Waals surface area contributed by atoms with Crippen LogP contribution >= 0.6 is 0 Å². The first-order chi connectivity index (χ1) is 17.7. The standard InChI is InChI=1S/C32H32N2O2/c1-2-36-32(35)28-16-18-30(19-17-28)34-22-20-33(21-23-34)24-29-10-6-7-11-31(29)27-14-12-26(13-15-27)25-8-4-3-5-9-25/h3-19H,2,20-24H2,1H3. The Morgan fingerprint density at radius 1 is 0.694 bits per heavy atom. The Kier molecular flexibility index (Phi) is 7.44. The fourth-order valence-corrected chi connectivity index (χ4v) is 4.84. The van der Waals surface area contributed by atoms with E-state index in [4.69, 9.17) is 4.74 Å². The van der Waals surface area contributed by atoms with Gasteiger partial charge in [-0.05, 0) is 59.0 Å². The van der Waals surface area contributed by atoms with Crippen LogP contribution in [-0.2, 0) is 11.3 Å². The van der Waals surface area contributed by atoms with Gasteiger partial charge in [0, 0.05) is 38.4 Å². The normalized spacial score (nSPS) is 14.0. The summed E-state index contributed by atoms with van der Waals surface area (Å²) in [6.07, 6.45) is 0. The van der Waals surface area contributed by atoms with Crippen molar-refractivity contribution in [2.24, 2.45) is 0 Å². The summed E-state index contributed by atoms with van der Waals surface area (Å²) in [7, 11) is 0. The average molecular weight is 477 g/mol. The fourth-order valence-electron chi connectivity index (χ4n) is 4.84. The van der Waals surface area contributed by atoms with Crippen LogP contribution in [0, 0.1) is 0 Å². The van der Waals surface area contributed by atoms with Gasteiger partial charge in [-0.15, -0.1) is 0 Å². The molecule has 182 valence electrons. The molecule has 4 heteroatoms.